The Hall–Kier alpha value is -1.70. The molecule has 0 saturated heterocycles. The maximum absolute atomic E-state index is 11.9. The molecule has 6 nitrogen and oxygen atoms in total. The van der Waals surface area contributed by atoms with Crippen LogP contribution in [0.25, 0.3) is 0 Å². The molecule has 2 aromatic heterocycles. The van der Waals surface area contributed by atoms with Gasteiger partial charge in [0.1, 0.15) is 11.5 Å². The van der Waals surface area contributed by atoms with E-state index in [4.69, 9.17) is 17.4 Å². The third-order valence-corrected chi connectivity index (χ3v) is 3.46. The summed E-state index contributed by atoms with van der Waals surface area (Å²) in [5.41, 5.74) is 2.52. The van der Waals surface area contributed by atoms with Crippen LogP contribution in [0.3, 0.4) is 0 Å². The highest BCUT2D eigenvalue weighted by Crippen LogP contribution is 2.16. The SMILES string of the molecule is NNc1ccc(Cl)c(C(=O)NCCc2nccs2)n1. The molecule has 1 amide bonds. The second kappa shape index (κ2) is 6.46. The number of anilines is 1. The van der Waals surface area contributed by atoms with E-state index < -0.39 is 0 Å². The van der Waals surface area contributed by atoms with Gasteiger partial charge in [0, 0.05) is 24.5 Å². The number of nitrogen functional groups attached to an aromatic ring is 1. The van der Waals surface area contributed by atoms with Gasteiger partial charge in [-0.15, -0.1) is 11.3 Å². The highest BCUT2D eigenvalue weighted by Gasteiger charge is 2.12. The Kier molecular flexibility index (Phi) is 4.67. The Balaban J connectivity index is 1.95. The minimum absolute atomic E-state index is 0.149. The standard InChI is InChI=1S/C11H12ClN5OS/c12-7-1-2-8(17-13)16-10(7)11(18)15-4-3-9-14-5-6-19-9/h1-2,5-6H,3-4,13H2,(H,15,18)(H,16,17). The number of nitrogens with one attached hydrogen (secondary N) is 2. The predicted molar refractivity (Wildman–Crippen MR) is 75.2 cm³/mol. The molecule has 0 radical (unpaired) electrons. The summed E-state index contributed by atoms with van der Waals surface area (Å²) in [6, 6.07) is 3.16. The van der Waals surface area contributed by atoms with E-state index in [0.29, 0.717) is 18.8 Å². The monoisotopic (exact) mass is 297 g/mol. The van der Waals surface area contributed by atoms with Gasteiger partial charge in [0.25, 0.3) is 5.91 Å². The summed E-state index contributed by atoms with van der Waals surface area (Å²) in [6.07, 6.45) is 2.41. The lowest BCUT2D eigenvalue weighted by Gasteiger charge is -2.07. The van der Waals surface area contributed by atoms with Gasteiger partial charge in [0.2, 0.25) is 0 Å². The number of rotatable bonds is 5. The van der Waals surface area contributed by atoms with Crippen LogP contribution in [0.15, 0.2) is 23.7 Å². The maximum Gasteiger partial charge on any atom is 0.271 e. The van der Waals surface area contributed by atoms with Gasteiger partial charge < -0.3 is 10.7 Å². The second-order valence-corrected chi connectivity index (χ2v) is 4.99. The molecule has 0 aliphatic carbocycles. The third kappa shape index (κ3) is 3.63. The van der Waals surface area contributed by atoms with Gasteiger partial charge in [-0.3, -0.25) is 4.79 Å². The molecule has 0 unspecified atom stereocenters. The number of nitrogens with two attached hydrogens (primary N) is 1. The van der Waals surface area contributed by atoms with E-state index in [2.05, 4.69) is 20.7 Å². The van der Waals surface area contributed by atoms with Gasteiger partial charge in [-0.1, -0.05) is 11.6 Å². The fraction of sp³-hybridized carbons (Fsp3) is 0.182. The number of hydrogen-bond acceptors (Lipinski definition) is 6. The first kappa shape index (κ1) is 13.7. The van der Waals surface area contributed by atoms with Crippen molar-refractivity contribution >= 4 is 34.7 Å². The van der Waals surface area contributed by atoms with Gasteiger partial charge >= 0.3 is 0 Å². The van der Waals surface area contributed by atoms with Crippen LogP contribution in [-0.2, 0) is 6.42 Å². The number of thiazole rings is 1. The summed E-state index contributed by atoms with van der Waals surface area (Å²) < 4.78 is 0. The maximum atomic E-state index is 11.9. The molecule has 2 aromatic rings. The molecule has 19 heavy (non-hydrogen) atoms. The van der Waals surface area contributed by atoms with Crippen molar-refractivity contribution in [3.8, 4) is 0 Å². The van der Waals surface area contributed by atoms with E-state index in [-0.39, 0.29) is 16.6 Å². The van der Waals surface area contributed by atoms with Gasteiger partial charge in [-0.05, 0) is 12.1 Å². The van der Waals surface area contributed by atoms with Crippen LogP contribution in [0, 0.1) is 0 Å². The molecule has 2 heterocycles. The Morgan fingerprint density at radius 3 is 3.00 bits per heavy atom. The average molecular weight is 298 g/mol. The zero-order valence-electron chi connectivity index (χ0n) is 9.89. The van der Waals surface area contributed by atoms with E-state index in [1.54, 1.807) is 29.7 Å². The number of carbonyl (C=O) groups excluding carboxylic acids is 1. The van der Waals surface area contributed by atoms with Crippen LogP contribution in [0.5, 0.6) is 0 Å². The molecule has 8 heteroatoms. The number of halogens is 1. The van der Waals surface area contributed by atoms with Crippen molar-refractivity contribution in [1.29, 1.82) is 0 Å². The first-order valence-corrected chi connectivity index (χ1v) is 6.76. The van der Waals surface area contributed by atoms with Crippen molar-refractivity contribution in [3.63, 3.8) is 0 Å². The van der Waals surface area contributed by atoms with E-state index in [1.807, 2.05) is 5.38 Å². The summed E-state index contributed by atoms with van der Waals surface area (Å²) in [5.74, 6) is 5.29. The smallest absolute Gasteiger partial charge is 0.271 e. The van der Waals surface area contributed by atoms with Crippen molar-refractivity contribution in [2.24, 2.45) is 5.84 Å². The molecule has 0 aliphatic rings. The largest absolute Gasteiger partial charge is 0.350 e. The summed E-state index contributed by atoms with van der Waals surface area (Å²) in [7, 11) is 0. The number of pyridine rings is 1. The lowest BCUT2D eigenvalue weighted by Crippen LogP contribution is -2.27. The molecular formula is C11H12ClN5OS. The molecule has 100 valence electrons. The molecule has 2 rings (SSSR count). The van der Waals surface area contributed by atoms with Gasteiger partial charge in [0.05, 0.1) is 10.0 Å². The van der Waals surface area contributed by atoms with E-state index >= 15 is 0 Å². The van der Waals surface area contributed by atoms with Crippen LogP contribution in [0.2, 0.25) is 5.02 Å². The summed E-state index contributed by atoms with van der Waals surface area (Å²) in [6.45, 7) is 0.477. The van der Waals surface area contributed by atoms with Crippen LogP contribution < -0.4 is 16.6 Å². The number of hydrogen-bond donors (Lipinski definition) is 3. The first-order valence-electron chi connectivity index (χ1n) is 5.50. The highest BCUT2D eigenvalue weighted by molar-refractivity contribution is 7.09. The Morgan fingerprint density at radius 1 is 1.47 bits per heavy atom. The molecule has 4 N–H and O–H groups in total. The number of nitrogens with zero attached hydrogens (tertiary/aromatic N) is 2. The van der Waals surface area contributed by atoms with Crippen LogP contribution >= 0.6 is 22.9 Å². The second-order valence-electron chi connectivity index (χ2n) is 3.60. The summed E-state index contributed by atoms with van der Waals surface area (Å²) >= 11 is 7.47. The molecule has 0 fully saturated rings. The minimum atomic E-state index is -0.335. The Bertz CT molecular complexity index is 560. The number of carbonyl (C=O) groups is 1. The average Bonchev–Trinajstić information content (AvgIpc) is 2.92. The molecule has 0 bridgehead atoms. The van der Waals surface area contributed by atoms with Crippen molar-refractivity contribution in [2.75, 3.05) is 12.0 Å². The summed E-state index contributed by atoms with van der Waals surface area (Å²) in [5, 5.41) is 5.89. The van der Waals surface area contributed by atoms with Crippen molar-refractivity contribution < 1.29 is 4.79 Å². The molecule has 0 spiro atoms. The zero-order chi connectivity index (χ0) is 13.7. The quantitative estimate of drug-likeness (QED) is 0.574. The van der Waals surface area contributed by atoms with Crippen molar-refractivity contribution in [1.82, 2.24) is 15.3 Å². The fourth-order valence-corrected chi connectivity index (χ4v) is 2.24. The molecule has 0 saturated carbocycles. The van der Waals surface area contributed by atoms with Gasteiger partial charge in [-0.2, -0.15) is 0 Å². The lowest BCUT2D eigenvalue weighted by molar-refractivity contribution is 0.0949. The predicted octanol–water partition coefficient (Wildman–Crippen LogP) is 1.45. The molecule has 0 atom stereocenters. The number of amides is 1. The zero-order valence-corrected chi connectivity index (χ0v) is 11.5. The molecular weight excluding hydrogens is 286 g/mol. The Labute approximate surface area is 119 Å². The molecule has 0 aromatic carbocycles. The first-order chi connectivity index (χ1) is 9.20. The minimum Gasteiger partial charge on any atom is -0.350 e. The lowest BCUT2D eigenvalue weighted by atomic mass is 10.3. The number of aromatic nitrogens is 2. The van der Waals surface area contributed by atoms with Crippen LogP contribution in [-0.4, -0.2) is 22.4 Å². The topological polar surface area (TPSA) is 92.9 Å². The van der Waals surface area contributed by atoms with Gasteiger partial charge in [-0.25, -0.2) is 15.8 Å². The molecule has 0 aliphatic heterocycles. The van der Waals surface area contributed by atoms with E-state index in [9.17, 15) is 4.79 Å². The van der Waals surface area contributed by atoms with Crippen molar-refractivity contribution in [3.05, 3.63) is 39.4 Å². The Morgan fingerprint density at radius 2 is 2.32 bits per heavy atom. The summed E-state index contributed by atoms with van der Waals surface area (Å²) in [4.78, 5) is 20.1. The van der Waals surface area contributed by atoms with Gasteiger partial charge in [0.15, 0.2) is 0 Å². The number of hydrazine groups is 1. The normalized spacial score (nSPS) is 10.2. The van der Waals surface area contributed by atoms with Crippen LogP contribution in [0.4, 0.5) is 5.82 Å². The fourth-order valence-electron chi connectivity index (χ4n) is 1.42. The van der Waals surface area contributed by atoms with E-state index in [1.165, 1.54) is 0 Å². The third-order valence-electron chi connectivity index (χ3n) is 2.32. The van der Waals surface area contributed by atoms with E-state index in [0.717, 1.165) is 5.01 Å². The van der Waals surface area contributed by atoms with Crippen LogP contribution in [0.1, 0.15) is 15.5 Å². The van der Waals surface area contributed by atoms with Crippen molar-refractivity contribution in [2.45, 2.75) is 6.42 Å². The highest BCUT2D eigenvalue weighted by atomic mass is 35.5.